The Morgan fingerprint density at radius 1 is 1.12 bits per heavy atom. The summed E-state index contributed by atoms with van der Waals surface area (Å²) >= 11 is 5.90. The molecule has 4 N–H and O–H groups in total. The van der Waals surface area contributed by atoms with E-state index in [1.165, 1.54) is 6.33 Å². The van der Waals surface area contributed by atoms with Gasteiger partial charge in [-0.3, -0.25) is 0 Å². The van der Waals surface area contributed by atoms with Crippen LogP contribution < -0.4 is 5.73 Å². The number of halogens is 1. The minimum Gasteiger partial charge on any atom is -0.388 e. The molecule has 7 nitrogen and oxygen atoms in total. The molecule has 26 heavy (non-hydrogen) atoms. The standard InChI is InChI=1S/C18H19ClN4O3/c19-11-4-1-10(2-5-11)3-6-13-14(24)15(25)18(26-13)23-8-7-12-16(20)21-9-22-17(12)23/h1-2,4-5,7-9,13-15,18,24-25H,3,6H2,(H2,20,21,22)/t13-,14-,15-,18-/m1/s1. The van der Waals surface area contributed by atoms with Crippen LogP contribution >= 0.6 is 11.6 Å². The summed E-state index contributed by atoms with van der Waals surface area (Å²) < 4.78 is 7.64. The lowest BCUT2D eigenvalue weighted by Gasteiger charge is -2.17. The van der Waals surface area contributed by atoms with E-state index in [0.29, 0.717) is 34.7 Å². The molecule has 3 heterocycles. The Balaban J connectivity index is 1.52. The van der Waals surface area contributed by atoms with E-state index in [9.17, 15) is 10.2 Å². The number of hydrogen-bond donors (Lipinski definition) is 3. The Bertz CT molecular complexity index is 914. The van der Waals surface area contributed by atoms with Gasteiger partial charge in [0.05, 0.1) is 11.5 Å². The highest BCUT2D eigenvalue weighted by Gasteiger charge is 2.43. The van der Waals surface area contributed by atoms with Gasteiger partial charge in [0.1, 0.15) is 30.0 Å². The third-order valence-corrected chi connectivity index (χ3v) is 5.03. The number of fused-ring (bicyclic) bond motifs is 1. The van der Waals surface area contributed by atoms with Gasteiger partial charge in [-0.25, -0.2) is 9.97 Å². The molecule has 3 aromatic rings. The van der Waals surface area contributed by atoms with Crippen molar-refractivity contribution in [2.75, 3.05) is 5.73 Å². The van der Waals surface area contributed by atoms with Crippen LogP contribution in [-0.4, -0.2) is 43.1 Å². The summed E-state index contributed by atoms with van der Waals surface area (Å²) in [5, 5.41) is 22.2. The van der Waals surface area contributed by atoms with E-state index in [1.807, 2.05) is 24.3 Å². The summed E-state index contributed by atoms with van der Waals surface area (Å²) in [4.78, 5) is 8.18. The molecule has 0 spiro atoms. The summed E-state index contributed by atoms with van der Waals surface area (Å²) in [7, 11) is 0. The maximum absolute atomic E-state index is 10.5. The minimum absolute atomic E-state index is 0.362. The number of rotatable bonds is 4. The lowest BCUT2D eigenvalue weighted by atomic mass is 10.0. The predicted octanol–water partition coefficient (Wildman–Crippen LogP) is 1.92. The average Bonchev–Trinajstić information content (AvgIpc) is 3.18. The zero-order valence-electron chi connectivity index (χ0n) is 13.9. The first-order valence-corrected chi connectivity index (χ1v) is 8.75. The van der Waals surface area contributed by atoms with Crippen molar-refractivity contribution in [3.8, 4) is 0 Å². The molecule has 8 heteroatoms. The van der Waals surface area contributed by atoms with Crippen LogP contribution in [0.4, 0.5) is 5.82 Å². The van der Waals surface area contributed by atoms with E-state index in [2.05, 4.69) is 9.97 Å². The van der Waals surface area contributed by atoms with E-state index in [0.717, 1.165) is 5.56 Å². The zero-order chi connectivity index (χ0) is 18.3. The zero-order valence-corrected chi connectivity index (χ0v) is 14.6. The van der Waals surface area contributed by atoms with E-state index >= 15 is 0 Å². The predicted molar refractivity (Wildman–Crippen MR) is 97.6 cm³/mol. The number of benzene rings is 1. The molecule has 0 radical (unpaired) electrons. The number of ether oxygens (including phenoxy) is 1. The molecule has 2 aromatic heterocycles. The van der Waals surface area contributed by atoms with Crippen LogP contribution in [0.5, 0.6) is 0 Å². The van der Waals surface area contributed by atoms with Crippen LogP contribution in [0.25, 0.3) is 11.0 Å². The smallest absolute Gasteiger partial charge is 0.164 e. The Morgan fingerprint density at radius 2 is 1.88 bits per heavy atom. The Hall–Kier alpha value is -2.19. The third kappa shape index (κ3) is 3.03. The molecule has 0 saturated carbocycles. The number of nitrogens with two attached hydrogens (primary N) is 1. The molecule has 1 aromatic carbocycles. The van der Waals surface area contributed by atoms with E-state index < -0.39 is 24.5 Å². The monoisotopic (exact) mass is 374 g/mol. The minimum atomic E-state index is -1.06. The molecule has 1 aliphatic rings. The summed E-state index contributed by atoms with van der Waals surface area (Å²) in [6, 6.07) is 9.31. The van der Waals surface area contributed by atoms with Gasteiger partial charge in [0.2, 0.25) is 0 Å². The summed E-state index contributed by atoms with van der Waals surface area (Å²) in [5.41, 5.74) is 7.51. The maximum Gasteiger partial charge on any atom is 0.164 e. The molecule has 0 bridgehead atoms. The fraction of sp³-hybridized carbons (Fsp3) is 0.333. The molecule has 0 unspecified atom stereocenters. The largest absolute Gasteiger partial charge is 0.388 e. The van der Waals surface area contributed by atoms with Crippen LogP contribution in [0.2, 0.25) is 5.02 Å². The van der Waals surface area contributed by atoms with Crippen LogP contribution in [-0.2, 0) is 11.2 Å². The van der Waals surface area contributed by atoms with Crippen molar-refractivity contribution in [2.24, 2.45) is 0 Å². The van der Waals surface area contributed by atoms with Gasteiger partial charge in [-0.2, -0.15) is 0 Å². The molecule has 0 aliphatic carbocycles. The number of anilines is 1. The fourth-order valence-electron chi connectivity index (χ4n) is 3.35. The van der Waals surface area contributed by atoms with Crippen molar-refractivity contribution in [1.29, 1.82) is 0 Å². The van der Waals surface area contributed by atoms with Gasteiger partial charge in [-0.1, -0.05) is 23.7 Å². The Labute approximate surface area is 155 Å². The highest BCUT2D eigenvalue weighted by Crippen LogP contribution is 2.34. The number of hydrogen-bond acceptors (Lipinski definition) is 6. The molecule has 4 atom stereocenters. The first kappa shape index (κ1) is 17.2. The summed E-state index contributed by atoms with van der Waals surface area (Å²) in [5.74, 6) is 0.362. The first-order valence-electron chi connectivity index (χ1n) is 8.37. The highest BCUT2D eigenvalue weighted by molar-refractivity contribution is 6.30. The lowest BCUT2D eigenvalue weighted by Crippen LogP contribution is -2.31. The van der Waals surface area contributed by atoms with E-state index in [4.69, 9.17) is 22.1 Å². The number of aromatic nitrogens is 3. The number of aryl methyl sites for hydroxylation is 1. The van der Waals surface area contributed by atoms with Gasteiger partial charge in [-0.05, 0) is 36.6 Å². The van der Waals surface area contributed by atoms with Crippen LogP contribution in [0.1, 0.15) is 18.2 Å². The SMILES string of the molecule is Nc1ncnc2c1ccn2[C@@H]1O[C@H](CCc2ccc(Cl)cc2)[C@@H](O)[C@H]1O. The summed E-state index contributed by atoms with van der Waals surface area (Å²) in [6.07, 6.45) is 1.13. The lowest BCUT2D eigenvalue weighted by molar-refractivity contribution is -0.0364. The van der Waals surface area contributed by atoms with Gasteiger partial charge in [0.25, 0.3) is 0 Å². The molecule has 4 rings (SSSR count). The molecule has 1 fully saturated rings. The van der Waals surface area contributed by atoms with Crippen molar-refractivity contribution in [2.45, 2.75) is 37.4 Å². The van der Waals surface area contributed by atoms with E-state index in [1.54, 1.807) is 16.8 Å². The van der Waals surface area contributed by atoms with E-state index in [-0.39, 0.29) is 0 Å². The second kappa shape index (κ2) is 6.85. The van der Waals surface area contributed by atoms with Crippen LogP contribution in [0, 0.1) is 0 Å². The normalized spacial score (nSPS) is 25.8. The molecule has 1 aliphatic heterocycles. The Kier molecular flexibility index (Phi) is 4.54. The second-order valence-corrected chi connectivity index (χ2v) is 6.87. The van der Waals surface area contributed by atoms with Crippen molar-refractivity contribution < 1.29 is 14.9 Å². The van der Waals surface area contributed by atoms with Crippen molar-refractivity contribution in [1.82, 2.24) is 14.5 Å². The molecular weight excluding hydrogens is 356 g/mol. The number of aliphatic hydroxyl groups excluding tert-OH is 2. The number of nitrogen functional groups attached to an aromatic ring is 1. The average molecular weight is 375 g/mol. The van der Waals surface area contributed by atoms with Gasteiger partial charge in [0, 0.05) is 11.2 Å². The fourth-order valence-corrected chi connectivity index (χ4v) is 3.48. The molecule has 0 amide bonds. The molecule has 1 saturated heterocycles. The van der Waals surface area contributed by atoms with Gasteiger partial charge >= 0.3 is 0 Å². The van der Waals surface area contributed by atoms with Crippen molar-refractivity contribution in [3.63, 3.8) is 0 Å². The number of aliphatic hydroxyl groups is 2. The molecule has 136 valence electrons. The second-order valence-electron chi connectivity index (χ2n) is 6.43. The topological polar surface area (TPSA) is 106 Å². The number of nitrogens with zero attached hydrogens (tertiary/aromatic N) is 3. The summed E-state index contributed by atoms with van der Waals surface area (Å²) in [6.45, 7) is 0. The van der Waals surface area contributed by atoms with Crippen molar-refractivity contribution >= 4 is 28.5 Å². The molecular formula is C18H19ClN4O3. The first-order chi connectivity index (χ1) is 12.5. The van der Waals surface area contributed by atoms with Gasteiger partial charge in [0.15, 0.2) is 6.23 Å². The van der Waals surface area contributed by atoms with Gasteiger partial charge in [-0.15, -0.1) is 0 Å². The quantitative estimate of drug-likeness (QED) is 0.644. The van der Waals surface area contributed by atoms with Crippen LogP contribution in [0.15, 0.2) is 42.9 Å². The third-order valence-electron chi connectivity index (χ3n) is 4.78. The van der Waals surface area contributed by atoms with Crippen LogP contribution in [0.3, 0.4) is 0 Å². The van der Waals surface area contributed by atoms with Crippen molar-refractivity contribution in [3.05, 3.63) is 53.4 Å². The van der Waals surface area contributed by atoms with Gasteiger partial charge < -0.3 is 25.3 Å². The maximum atomic E-state index is 10.5. The Morgan fingerprint density at radius 3 is 2.65 bits per heavy atom. The highest BCUT2D eigenvalue weighted by atomic mass is 35.5.